The van der Waals surface area contributed by atoms with E-state index in [-0.39, 0.29) is 6.04 Å². The highest BCUT2D eigenvalue weighted by molar-refractivity contribution is 5.51. The molecule has 3 rings (SSSR count). The van der Waals surface area contributed by atoms with E-state index in [4.69, 9.17) is 9.47 Å². The number of ether oxygens (including phenoxy) is 2. The van der Waals surface area contributed by atoms with Crippen molar-refractivity contribution in [1.29, 1.82) is 0 Å². The van der Waals surface area contributed by atoms with Crippen molar-refractivity contribution >= 4 is 0 Å². The molecule has 112 valence electrons. The van der Waals surface area contributed by atoms with Crippen LogP contribution in [0.1, 0.15) is 29.7 Å². The molecule has 0 saturated carbocycles. The molecular formula is C16H21N3O2. The number of nitrogens with one attached hydrogen (secondary N) is 1. The van der Waals surface area contributed by atoms with Gasteiger partial charge in [0.1, 0.15) is 0 Å². The quantitative estimate of drug-likeness (QED) is 0.936. The minimum absolute atomic E-state index is 0.161. The van der Waals surface area contributed by atoms with E-state index >= 15 is 0 Å². The topological polar surface area (TPSA) is 48.3 Å². The average Bonchev–Trinajstić information content (AvgIpc) is 3.01. The first-order valence-electron chi connectivity index (χ1n) is 7.27. The van der Waals surface area contributed by atoms with Crippen LogP contribution < -0.4 is 14.8 Å². The smallest absolute Gasteiger partial charge is 0.161 e. The largest absolute Gasteiger partial charge is 0.493 e. The van der Waals surface area contributed by atoms with Crippen LogP contribution in [0, 0.1) is 0 Å². The fraction of sp³-hybridized carbons (Fsp3) is 0.438. The minimum atomic E-state index is 0.161. The van der Waals surface area contributed by atoms with E-state index in [1.54, 1.807) is 14.2 Å². The van der Waals surface area contributed by atoms with Gasteiger partial charge in [-0.1, -0.05) is 0 Å². The van der Waals surface area contributed by atoms with Gasteiger partial charge in [-0.3, -0.25) is 4.68 Å². The Hall–Kier alpha value is -2.01. The van der Waals surface area contributed by atoms with E-state index in [9.17, 15) is 0 Å². The predicted octanol–water partition coefficient (Wildman–Crippen LogP) is 2.16. The zero-order valence-corrected chi connectivity index (χ0v) is 12.7. The van der Waals surface area contributed by atoms with Crippen molar-refractivity contribution in [2.45, 2.75) is 25.9 Å². The van der Waals surface area contributed by atoms with Crippen molar-refractivity contribution < 1.29 is 9.47 Å². The van der Waals surface area contributed by atoms with E-state index in [1.165, 1.54) is 16.7 Å². The Labute approximate surface area is 124 Å². The summed E-state index contributed by atoms with van der Waals surface area (Å²) in [5, 5.41) is 7.95. The van der Waals surface area contributed by atoms with Gasteiger partial charge >= 0.3 is 0 Å². The van der Waals surface area contributed by atoms with Crippen LogP contribution in [-0.4, -0.2) is 30.5 Å². The number of rotatable bonds is 4. The number of nitrogens with zero attached hydrogens (tertiary/aromatic N) is 2. The highest BCUT2D eigenvalue weighted by atomic mass is 16.5. The lowest BCUT2D eigenvalue weighted by Gasteiger charge is -2.27. The fourth-order valence-electron chi connectivity index (χ4n) is 2.88. The van der Waals surface area contributed by atoms with Gasteiger partial charge in [0.15, 0.2) is 11.5 Å². The lowest BCUT2D eigenvalue weighted by atomic mass is 9.90. The molecule has 1 aromatic carbocycles. The summed E-state index contributed by atoms with van der Waals surface area (Å²) in [5.41, 5.74) is 3.74. The van der Waals surface area contributed by atoms with Gasteiger partial charge in [-0.25, -0.2) is 0 Å². The summed E-state index contributed by atoms with van der Waals surface area (Å²) in [5.74, 6) is 1.56. The van der Waals surface area contributed by atoms with E-state index in [2.05, 4.69) is 35.7 Å². The molecule has 5 nitrogen and oxygen atoms in total. The van der Waals surface area contributed by atoms with Crippen LogP contribution in [0.2, 0.25) is 0 Å². The second-order valence-corrected chi connectivity index (χ2v) is 5.17. The monoisotopic (exact) mass is 287 g/mol. The van der Waals surface area contributed by atoms with E-state index < -0.39 is 0 Å². The second kappa shape index (κ2) is 5.77. The van der Waals surface area contributed by atoms with Crippen LogP contribution in [0.4, 0.5) is 0 Å². The Kier molecular flexibility index (Phi) is 3.84. The van der Waals surface area contributed by atoms with Crippen molar-refractivity contribution in [3.8, 4) is 11.5 Å². The van der Waals surface area contributed by atoms with Crippen LogP contribution in [-0.2, 0) is 13.0 Å². The maximum absolute atomic E-state index is 5.44. The average molecular weight is 287 g/mol. The second-order valence-electron chi connectivity index (χ2n) is 5.17. The molecule has 1 aliphatic heterocycles. The Morgan fingerprint density at radius 2 is 2.05 bits per heavy atom. The number of aryl methyl sites for hydroxylation is 1. The van der Waals surface area contributed by atoms with Gasteiger partial charge in [0.05, 0.1) is 26.5 Å². The fourth-order valence-corrected chi connectivity index (χ4v) is 2.88. The third-order valence-electron chi connectivity index (χ3n) is 4.01. The van der Waals surface area contributed by atoms with Crippen LogP contribution in [0.25, 0.3) is 0 Å². The standard InChI is InChI=1S/C16H21N3O2/c1-4-19-10-12(9-18-19)16-13-8-15(21-3)14(20-2)7-11(13)5-6-17-16/h7-10,16-17H,4-6H2,1-3H3. The number of aromatic nitrogens is 2. The molecule has 5 heteroatoms. The molecular weight excluding hydrogens is 266 g/mol. The molecule has 1 aromatic heterocycles. The Balaban J connectivity index is 2.04. The van der Waals surface area contributed by atoms with Gasteiger partial charge in [0, 0.05) is 24.8 Å². The van der Waals surface area contributed by atoms with Crippen LogP contribution in [0.15, 0.2) is 24.5 Å². The molecule has 2 aromatic rings. The van der Waals surface area contributed by atoms with Crippen molar-refractivity contribution in [2.24, 2.45) is 0 Å². The zero-order chi connectivity index (χ0) is 14.8. The summed E-state index contributed by atoms with van der Waals surface area (Å²) in [6.07, 6.45) is 5.03. The Morgan fingerprint density at radius 1 is 1.29 bits per heavy atom. The Bertz CT molecular complexity index is 636. The molecule has 2 heterocycles. The number of fused-ring (bicyclic) bond motifs is 1. The summed E-state index contributed by atoms with van der Waals surface area (Å²) in [6, 6.07) is 4.33. The molecule has 1 N–H and O–H groups in total. The summed E-state index contributed by atoms with van der Waals surface area (Å²) in [6.45, 7) is 3.92. The lowest BCUT2D eigenvalue weighted by Crippen LogP contribution is -2.30. The van der Waals surface area contributed by atoms with Crippen molar-refractivity contribution in [3.63, 3.8) is 0 Å². The van der Waals surface area contributed by atoms with Gasteiger partial charge in [0.25, 0.3) is 0 Å². The highest BCUT2D eigenvalue weighted by Gasteiger charge is 2.24. The van der Waals surface area contributed by atoms with Crippen LogP contribution in [0.3, 0.4) is 0 Å². The van der Waals surface area contributed by atoms with Gasteiger partial charge in [0.2, 0.25) is 0 Å². The molecule has 0 spiro atoms. The first-order valence-corrected chi connectivity index (χ1v) is 7.27. The summed E-state index contributed by atoms with van der Waals surface area (Å²) < 4.78 is 12.8. The Morgan fingerprint density at radius 3 is 2.71 bits per heavy atom. The summed E-state index contributed by atoms with van der Waals surface area (Å²) in [4.78, 5) is 0. The van der Waals surface area contributed by atoms with E-state index in [0.717, 1.165) is 31.0 Å². The zero-order valence-electron chi connectivity index (χ0n) is 12.7. The van der Waals surface area contributed by atoms with Crippen molar-refractivity contribution in [2.75, 3.05) is 20.8 Å². The first kappa shape index (κ1) is 13.9. The van der Waals surface area contributed by atoms with Crippen LogP contribution in [0.5, 0.6) is 11.5 Å². The molecule has 0 bridgehead atoms. The first-order chi connectivity index (χ1) is 10.3. The van der Waals surface area contributed by atoms with Gasteiger partial charge in [-0.05, 0) is 36.6 Å². The molecule has 0 radical (unpaired) electrons. The number of benzene rings is 1. The molecule has 0 amide bonds. The lowest BCUT2D eigenvalue weighted by molar-refractivity contribution is 0.353. The summed E-state index contributed by atoms with van der Waals surface area (Å²) in [7, 11) is 3.35. The maximum Gasteiger partial charge on any atom is 0.161 e. The van der Waals surface area contributed by atoms with Gasteiger partial charge in [-0.15, -0.1) is 0 Å². The van der Waals surface area contributed by atoms with Crippen LogP contribution >= 0.6 is 0 Å². The third-order valence-corrected chi connectivity index (χ3v) is 4.01. The van der Waals surface area contributed by atoms with Gasteiger partial charge < -0.3 is 14.8 Å². The number of methoxy groups -OCH3 is 2. The molecule has 21 heavy (non-hydrogen) atoms. The maximum atomic E-state index is 5.44. The molecule has 1 unspecified atom stereocenters. The normalized spacial score (nSPS) is 17.4. The van der Waals surface area contributed by atoms with Crippen molar-refractivity contribution in [3.05, 3.63) is 41.2 Å². The molecule has 0 saturated heterocycles. The van der Waals surface area contributed by atoms with E-state index in [1.807, 2.05) is 10.9 Å². The molecule has 1 aliphatic rings. The van der Waals surface area contributed by atoms with Gasteiger partial charge in [-0.2, -0.15) is 5.10 Å². The number of hydrogen-bond acceptors (Lipinski definition) is 4. The number of hydrogen-bond donors (Lipinski definition) is 1. The van der Waals surface area contributed by atoms with Crippen molar-refractivity contribution in [1.82, 2.24) is 15.1 Å². The highest BCUT2D eigenvalue weighted by Crippen LogP contribution is 2.37. The molecule has 0 fully saturated rings. The predicted molar refractivity (Wildman–Crippen MR) is 81.0 cm³/mol. The molecule has 1 atom stereocenters. The minimum Gasteiger partial charge on any atom is -0.493 e. The SMILES string of the molecule is CCn1cc(C2NCCc3cc(OC)c(OC)cc32)cn1. The molecule has 0 aliphatic carbocycles. The summed E-state index contributed by atoms with van der Waals surface area (Å²) >= 11 is 0. The third kappa shape index (κ3) is 2.49. The van der Waals surface area contributed by atoms with E-state index in [0.29, 0.717) is 0 Å².